The van der Waals surface area contributed by atoms with Crippen LogP contribution in [0.2, 0.25) is 0 Å². The SMILES string of the molecule is Cc1cccc(C)c1C(=O)NC1CCCC1N. The monoisotopic (exact) mass is 232 g/mol. The van der Waals surface area contributed by atoms with Crippen molar-refractivity contribution in [2.45, 2.75) is 45.2 Å². The van der Waals surface area contributed by atoms with E-state index in [0.717, 1.165) is 36.0 Å². The van der Waals surface area contributed by atoms with Crippen LogP contribution in [0.15, 0.2) is 18.2 Å². The molecule has 2 atom stereocenters. The van der Waals surface area contributed by atoms with Crippen molar-refractivity contribution in [2.24, 2.45) is 5.73 Å². The van der Waals surface area contributed by atoms with Gasteiger partial charge in [-0.15, -0.1) is 0 Å². The fraction of sp³-hybridized carbons (Fsp3) is 0.500. The lowest BCUT2D eigenvalue weighted by Crippen LogP contribution is -2.44. The molecule has 0 saturated heterocycles. The second-order valence-corrected chi connectivity index (χ2v) is 4.94. The maximum atomic E-state index is 12.2. The van der Waals surface area contributed by atoms with Gasteiger partial charge in [0.2, 0.25) is 0 Å². The lowest BCUT2D eigenvalue weighted by molar-refractivity contribution is 0.0933. The van der Waals surface area contributed by atoms with Crippen molar-refractivity contribution in [3.63, 3.8) is 0 Å². The number of carbonyl (C=O) groups excluding carboxylic acids is 1. The lowest BCUT2D eigenvalue weighted by Gasteiger charge is -2.18. The van der Waals surface area contributed by atoms with Crippen molar-refractivity contribution < 1.29 is 4.79 Å². The molecule has 3 N–H and O–H groups in total. The molecule has 1 aliphatic rings. The fourth-order valence-electron chi connectivity index (χ4n) is 2.58. The summed E-state index contributed by atoms with van der Waals surface area (Å²) in [5.74, 6) is 0.0166. The molecule has 2 unspecified atom stereocenters. The number of nitrogens with two attached hydrogens (primary N) is 1. The molecule has 0 spiro atoms. The van der Waals surface area contributed by atoms with Crippen molar-refractivity contribution in [2.75, 3.05) is 0 Å². The number of amides is 1. The Hall–Kier alpha value is -1.35. The Morgan fingerprint density at radius 3 is 2.47 bits per heavy atom. The predicted molar refractivity (Wildman–Crippen MR) is 69.0 cm³/mol. The summed E-state index contributed by atoms with van der Waals surface area (Å²) in [4.78, 5) is 12.2. The number of benzene rings is 1. The minimum atomic E-state index is 0.0166. The van der Waals surface area contributed by atoms with Gasteiger partial charge in [-0.1, -0.05) is 18.2 Å². The summed E-state index contributed by atoms with van der Waals surface area (Å²) in [7, 11) is 0. The number of rotatable bonds is 2. The topological polar surface area (TPSA) is 55.1 Å². The number of hydrogen-bond donors (Lipinski definition) is 2. The molecule has 3 heteroatoms. The molecule has 17 heavy (non-hydrogen) atoms. The zero-order valence-corrected chi connectivity index (χ0v) is 10.5. The average Bonchev–Trinajstić information content (AvgIpc) is 2.64. The summed E-state index contributed by atoms with van der Waals surface area (Å²) in [5.41, 5.74) is 8.81. The third-order valence-electron chi connectivity index (χ3n) is 3.59. The van der Waals surface area contributed by atoms with Gasteiger partial charge in [0.05, 0.1) is 0 Å². The molecule has 3 nitrogen and oxygen atoms in total. The summed E-state index contributed by atoms with van der Waals surface area (Å²) in [6.45, 7) is 3.94. The van der Waals surface area contributed by atoms with Gasteiger partial charge in [-0.2, -0.15) is 0 Å². The average molecular weight is 232 g/mol. The van der Waals surface area contributed by atoms with E-state index in [9.17, 15) is 4.79 Å². The molecular weight excluding hydrogens is 212 g/mol. The van der Waals surface area contributed by atoms with Crippen LogP contribution < -0.4 is 11.1 Å². The predicted octanol–water partition coefficient (Wildman–Crippen LogP) is 1.91. The highest BCUT2D eigenvalue weighted by Crippen LogP contribution is 2.19. The molecule has 1 aromatic carbocycles. The second kappa shape index (κ2) is 4.88. The van der Waals surface area contributed by atoms with Gasteiger partial charge in [0, 0.05) is 17.6 Å². The Morgan fingerprint density at radius 2 is 1.94 bits per heavy atom. The molecule has 0 radical (unpaired) electrons. The van der Waals surface area contributed by atoms with Crippen molar-refractivity contribution in [1.29, 1.82) is 0 Å². The molecule has 1 fully saturated rings. The van der Waals surface area contributed by atoms with Crippen molar-refractivity contribution in [3.05, 3.63) is 34.9 Å². The van der Waals surface area contributed by atoms with Crippen molar-refractivity contribution in [1.82, 2.24) is 5.32 Å². The number of carbonyl (C=O) groups is 1. The molecule has 1 saturated carbocycles. The van der Waals surface area contributed by atoms with Crippen LogP contribution in [0.1, 0.15) is 40.7 Å². The fourth-order valence-corrected chi connectivity index (χ4v) is 2.58. The summed E-state index contributed by atoms with van der Waals surface area (Å²) >= 11 is 0. The van der Waals surface area contributed by atoms with E-state index < -0.39 is 0 Å². The first-order chi connectivity index (χ1) is 8.09. The Kier molecular flexibility index (Phi) is 3.48. The third kappa shape index (κ3) is 2.50. The van der Waals surface area contributed by atoms with Crippen LogP contribution in [-0.4, -0.2) is 18.0 Å². The van der Waals surface area contributed by atoms with Gasteiger partial charge in [-0.05, 0) is 44.2 Å². The van der Waals surface area contributed by atoms with Gasteiger partial charge in [0.1, 0.15) is 0 Å². The van der Waals surface area contributed by atoms with Gasteiger partial charge in [-0.25, -0.2) is 0 Å². The van der Waals surface area contributed by atoms with E-state index in [4.69, 9.17) is 5.73 Å². The van der Waals surface area contributed by atoms with Crippen LogP contribution >= 0.6 is 0 Å². The zero-order chi connectivity index (χ0) is 12.4. The standard InChI is InChI=1S/C14H20N2O/c1-9-5-3-6-10(2)13(9)14(17)16-12-8-4-7-11(12)15/h3,5-6,11-12H,4,7-8,15H2,1-2H3,(H,16,17). The van der Waals surface area contributed by atoms with Crippen LogP contribution in [0.3, 0.4) is 0 Å². The maximum Gasteiger partial charge on any atom is 0.252 e. The zero-order valence-electron chi connectivity index (χ0n) is 10.5. The second-order valence-electron chi connectivity index (χ2n) is 4.94. The van der Waals surface area contributed by atoms with E-state index in [1.165, 1.54) is 0 Å². The van der Waals surface area contributed by atoms with E-state index >= 15 is 0 Å². The van der Waals surface area contributed by atoms with Crippen LogP contribution in [0.4, 0.5) is 0 Å². The van der Waals surface area contributed by atoms with E-state index in [1.807, 2.05) is 32.0 Å². The van der Waals surface area contributed by atoms with E-state index in [2.05, 4.69) is 5.32 Å². The summed E-state index contributed by atoms with van der Waals surface area (Å²) < 4.78 is 0. The lowest BCUT2D eigenvalue weighted by atomic mass is 10.0. The Labute approximate surface area is 102 Å². The van der Waals surface area contributed by atoms with Crippen LogP contribution in [0, 0.1) is 13.8 Å². The summed E-state index contributed by atoms with van der Waals surface area (Å²) in [6, 6.07) is 6.17. The van der Waals surface area contributed by atoms with Gasteiger partial charge in [-0.3, -0.25) is 4.79 Å². The minimum absolute atomic E-state index is 0.0166. The van der Waals surface area contributed by atoms with Gasteiger partial charge in [0.25, 0.3) is 5.91 Å². The minimum Gasteiger partial charge on any atom is -0.348 e. The first-order valence-corrected chi connectivity index (χ1v) is 6.22. The maximum absolute atomic E-state index is 12.2. The molecule has 0 bridgehead atoms. The number of nitrogens with one attached hydrogen (secondary N) is 1. The normalized spacial score (nSPS) is 23.7. The Morgan fingerprint density at radius 1 is 1.29 bits per heavy atom. The molecule has 2 rings (SSSR count). The molecule has 1 aliphatic carbocycles. The van der Waals surface area contributed by atoms with E-state index in [1.54, 1.807) is 0 Å². The summed E-state index contributed by atoms with van der Waals surface area (Å²) in [5, 5.41) is 3.06. The highest BCUT2D eigenvalue weighted by Gasteiger charge is 2.26. The van der Waals surface area contributed by atoms with E-state index in [0.29, 0.717) is 0 Å². The van der Waals surface area contributed by atoms with Gasteiger partial charge in [0.15, 0.2) is 0 Å². The van der Waals surface area contributed by atoms with Crippen LogP contribution in [-0.2, 0) is 0 Å². The molecule has 1 aromatic rings. The first kappa shape index (κ1) is 12.1. The Bertz CT molecular complexity index is 408. The first-order valence-electron chi connectivity index (χ1n) is 6.22. The van der Waals surface area contributed by atoms with Gasteiger partial charge >= 0.3 is 0 Å². The molecular formula is C14H20N2O. The smallest absolute Gasteiger partial charge is 0.252 e. The quantitative estimate of drug-likeness (QED) is 0.818. The number of aryl methyl sites for hydroxylation is 2. The molecule has 1 amide bonds. The molecule has 0 aromatic heterocycles. The molecule has 0 aliphatic heterocycles. The highest BCUT2D eigenvalue weighted by atomic mass is 16.1. The summed E-state index contributed by atoms with van der Waals surface area (Å²) in [6.07, 6.45) is 3.12. The largest absolute Gasteiger partial charge is 0.348 e. The Balaban J connectivity index is 2.14. The van der Waals surface area contributed by atoms with Crippen LogP contribution in [0.5, 0.6) is 0 Å². The van der Waals surface area contributed by atoms with E-state index in [-0.39, 0.29) is 18.0 Å². The molecule has 0 heterocycles. The highest BCUT2D eigenvalue weighted by molar-refractivity contribution is 5.97. The van der Waals surface area contributed by atoms with Crippen molar-refractivity contribution >= 4 is 5.91 Å². The third-order valence-corrected chi connectivity index (χ3v) is 3.59. The van der Waals surface area contributed by atoms with Gasteiger partial charge < -0.3 is 11.1 Å². The van der Waals surface area contributed by atoms with Crippen LogP contribution in [0.25, 0.3) is 0 Å². The van der Waals surface area contributed by atoms with Crippen molar-refractivity contribution in [3.8, 4) is 0 Å². The molecule has 92 valence electrons. The number of hydrogen-bond acceptors (Lipinski definition) is 2.